The first-order valence-electron chi connectivity index (χ1n) is 11.6. The number of piperidine rings is 1. The molecule has 0 radical (unpaired) electrons. The number of fused-ring (bicyclic) bond motifs is 1. The van der Waals surface area contributed by atoms with Gasteiger partial charge < -0.3 is 14.7 Å². The molecule has 29 heavy (non-hydrogen) atoms. The molecule has 1 aromatic carbocycles. The van der Waals surface area contributed by atoms with Crippen LogP contribution in [-0.2, 0) is 16.6 Å². The SMILES string of the molecule is CCCCCCC(=O)O.COc1ccc2c(c1)[C@]13CCCC[C@@H]1[C@H](C2)N(C)CC3. The molecule has 1 aliphatic heterocycles. The summed E-state index contributed by atoms with van der Waals surface area (Å²) in [5.41, 5.74) is 3.67. The van der Waals surface area contributed by atoms with E-state index in [2.05, 4.69) is 37.1 Å². The lowest BCUT2D eigenvalue weighted by Gasteiger charge is -2.58. The predicted octanol–water partition coefficient (Wildman–Crippen LogP) is 5.42. The number of aliphatic carboxylic acids is 1. The standard InChI is InChI=1S/C18H25NO.C7H14O2/c1-19-10-9-18-8-4-3-5-15(18)17(19)11-13-6-7-14(20-2)12-16(13)18;1-2-3-4-5-6-7(8)9/h6-7,12,15,17H,3-5,8-11H2,1-2H3;2-6H2,1H3,(H,8,9)/t15-,17+,18+;/m1./s1. The molecule has 0 amide bonds. The molecule has 3 atom stereocenters. The van der Waals surface area contributed by atoms with Crippen molar-refractivity contribution in [2.45, 2.75) is 89.0 Å². The number of carboxylic acids is 1. The average molecular weight is 402 g/mol. The Kier molecular flexibility index (Phi) is 7.61. The number of rotatable bonds is 6. The second-order valence-electron chi connectivity index (χ2n) is 9.24. The number of hydrogen-bond donors (Lipinski definition) is 1. The summed E-state index contributed by atoms with van der Waals surface area (Å²) >= 11 is 0. The van der Waals surface area contributed by atoms with Crippen molar-refractivity contribution in [1.82, 2.24) is 4.90 Å². The van der Waals surface area contributed by atoms with Gasteiger partial charge in [-0.1, -0.05) is 45.1 Å². The summed E-state index contributed by atoms with van der Waals surface area (Å²) in [5.74, 6) is 1.24. The van der Waals surface area contributed by atoms with Gasteiger partial charge in [-0.15, -0.1) is 0 Å². The summed E-state index contributed by atoms with van der Waals surface area (Å²) in [5, 5.41) is 8.21. The largest absolute Gasteiger partial charge is 0.497 e. The maximum Gasteiger partial charge on any atom is 0.303 e. The van der Waals surface area contributed by atoms with E-state index in [1.54, 1.807) is 18.2 Å². The second kappa shape index (κ2) is 9.97. The molecule has 4 rings (SSSR count). The van der Waals surface area contributed by atoms with Crippen LogP contribution < -0.4 is 4.74 Å². The number of carboxylic acid groups (broad SMARTS) is 1. The van der Waals surface area contributed by atoms with Gasteiger partial charge in [0.2, 0.25) is 0 Å². The van der Waals surface area contributed by atoms with Gasteiger partial charge in [-0.3, -0.25) is 4.79 Å². The molecule has 4 nitrogen and oxygen atoms in total. The predicted molar refractivity (Wildman–Crippen MR) is 118 cm³/mol. The van der Waals surface area contributed by atoms with Crippen LogP contribution in [0.5, 0.6) is 5.75 Å². The minimum atomic E-state index is -0.675. The zero-order valence-electron chi connectivity index (χ0n) is 18.6. The van der Waals surface area contributed by atoms with Crippen LogP contribution >= 0.6 is 0 Å². The van der Waals surface area contributed by atoms with Gasteiger partial charge in [0.15, 0.2) is 0 Å². The minimum absolute atomic E-state index is 0.333. The zero-order chi connectivity index (χ0) is 20.9. The Labute approximate surface area is 176 Å². The molecule has 3 aliphatic rings. The van der Waals surface area contributed by atoms with Crippen molar-refractivity contribution in [3.05, 3.63) is 29.3 Å². The first kappa shape index (κ1) is 22.1. The van der Waals surface area contributed by atoms with E-state index in [0.717, 1.165) is 37.0 Å². The van der Waals surface area contributed by atoms with Crippen molar-refractivity contribution in [3.8, 4) is 5.75 Å². The van der Waals surface area contributed by atoms with Gasteiger partial charge in [-0.05, 0) is 74.9 Å². The van der Waals surface area contributed by atoms with E-state index in [1.165, 1.54) is 51.5 Å². The maximum absolute atomic E-state index is 9.96. The molecule has 0 unspecified atom stereocenters. The number of unbranched alkanes of at least 4 members (excludes halogenated alkanes) is 3. The van der Waals surface area contributed by atoms with Crippen LogP contribution in [0.15, 0.2) is 18.2 Å². The summed E-state index contributed by atoms with van der Waals surface area (Å²) in [6.45, 7) is 3.37. The molecule has 0 spiro atoms. The second-order valence-corrected chi connectivity index (χ2v) is 9.24. The highest BCUT2D eigenvalue weighted by atomic mass is 16.5. The first-order valence-corrected chi connectivity index (χ1v) is 11.6. The molecule has 2 aliphatic carbocycles. The quantitative estimate of drug-likeness (QED) is 0.646. The van der Waals surface area contributed by atoms with Gasteiger partial charge >= 0.3 is 5.97 Å². The average Bonchev–Trinajstić information content (AvgIpc) is 2.74. The summed E-state index contributed by atoms with van der Waals surface area (Å²) in [7, 11) is 4.12. The van der Waals surface area contributed by atoms with E-state index in [-0.39, 0.29) is 0 Å². The van der Waals surface area contributed by atoms with Crippen LogP contribution in [0.2, 0.25) is 0 Å². The van der Waals surface area contributed by atoms with Crippen molar-refractivity contribution >= 4 is 5.97 Å². The smallest absolute Gasteiger partial charge is 0.303 e. The van der Waals surface area contributed by atoms with E-state index in [0.29, 0.717) is 11.8 Å². The van der Waals surface area contributed by atoms with Gasteiger partial charge in [-0.2, -0.15) is 0 Å². The van der Waals surface area contributed by atoms with Crippen molar-refractivity contribution in [3.63, 3.8) is 0 Å². The lowest BCUT2D eigenvalue weighted by molar-refractivity contribution is -0.137. The molecule has 162 valence electrons. The summed E-state index contributed by atoms with van der Waals surface area (Å²) in [6, 6.07) is 7.60. The number of carbonyl (C=O) groups is 1. The summed E-state index contributed by atoms with van der Waals surface area (Å²) in [4.78, 5) is 12.6. The third kappa shape index (κ3) is 4.79. The third-order valence-electron chi connectivity index (χ3n) is 7.57. The Morgan fingerprint density at radius 2 is 2.07 bits per heavy atom. The molecule has 1 aromatic rings. The highest BCUT2D eigenvalue weighted by Gasteiger charge is 2.53. The van der Waals surface area contributed by atoms with Gasteiger partial charge in [0.25, 0.3) is 0 Å². The lowest BCUT2D eigenvalue weighted by Crippen LogP contribution is -2.59. The van der Waals surface area contributed by atoms with Crippen molar-refractivity contribution in [2.24, 2.45) is 5.92 Å². The van der Waals surface area contributed by atoms with E-state index in [4.69, 9.17) is 9.84 Å². The highest BCUT2D eigenvalue weighted by molar-refractivity contribution is 5.66. The van der Waals surface area contributed by atoms with Gasteiger partial charge in [-0.25, -0.2) is 0 Å². The maximum atomic E-state index is 9.96. The molecule has 1 heterocycles. The van der Waals surface area contributed by atoms with Crippen LogP contribution in [0.4, 0.5) is 0 Å². The minimum Gasteiger partial charge on any atom is -0.497 e. The number of likely N-dealkylation sites (tertiary alicyclic amines) is 1. The van der Waals surface area contributed by atoms with E-state index < -0.39 is 5.97 Å². The molecular formula is C25H39NO3. The Morgan fingerprint density at radius 1 is 1.24 bits per heavy atom. The van der Waals surface area contributed by atoms with E-state index >= 15 is 0 Å². The number of methoxy groups -OCH3 is 1. The topological polar surface area (TPSA) is 49.8 Å². The first-order chi connectivity index (χ1) is 14.0. The number of ether oxygens (including phenoxy) is 1. The normalized spacial score (nSPS) is 27.8. The molecule has 0 aromatic heterocycles. The van der Waals surface area contributed by atoms with Crippen LogP contribution in [0.25, 0.3) is 0 Å². The van der Waals surface area contributed by atoms with Crippen molar-refractivity contribution in [1.29, 1.82) is 0 Å². The molecule has 1 saturated heterocycles. The molecule has 2 bridgehead atoms. The van der Waals surface area contributed by atoms with Gasteiger partial charge in [0.1, 0.15) is 5.75 Å². The lowest BCUT2D eigenvalue weighted by atomic mass is 9.52. The van der Waals surface area contributed by atoms with Gasteiger partial charge in [0, 0.05) is 17.9 Å². The number of hydrogen-bond acceptors (Lipinski definition) is 3. The van der Waals surface area contributed by atoms with E-state index in [1.807, 2.05) is 0 Å². The Hall–Kier alpha value is -1.55. The summed E-state index contributed by atoms with van der Waals surface area (Å²) in [6.07, 6.45) is 12.8. The number of likely N-dealkylation sites (N-methyl/N-ethyl adjacent to an activating group) is 1. The van der Waals surface area contributed by atoms with Crippen LogP contribution in [0.3, 0.4) is 0 Å². The Bertz CT molecular complexity index is 689. The van der Waals surface area contributed by atoms with Crippen molar-refractivity contribution in [2.75, 3.05) is 20.7 Å². The third-order valence-corrected chi connectivity index (χ3v) is 7.57. The Morgan fingerprint density at radius 3 is 2.79 bits per heavy atom. The van der Waals surface area contributed by atoms with Crippen LogP contribution in [0, 0.1) is 5.92 Å². The van der Waals surface area contributed by atoms with E-state index in [9.17, 15) is 4.79 Å². The highest BCUT2D eigenvalue weighted by Crippen LogP contribution is 2.55. The fraction of sp³-hybridized carbons (Fsp3) is 0.720. The molecule has 1 N–H and O–H groups in total. The fourth-order valence-corrected chi connectivity index (χ4v) is 6.01. The van der Waals surface area contributed by atoms with Gasteiger partial charge in [0.05, 0.1) is 7.11 Å². The molecule has 1 saturated carbocycles. The fourth-order valence-electron chi connectivity index (χ4n) is 6.01. The monoisotopic (exact) mass is 401 g/mol. The molecule has 2 fully saturated rings. The number of nitrogens with zero attached hydrogens (tertiary/aromatic N) is 1. The van der Waals surface area contributed by atoms with Crippen LogP contribution in [0.1, 0.15) is 82.3 Å². The summed E-state index contributed by atoms with van der Waals surface area (Å²) < 4.78 is 5.51. The molecular weight excluding hydrogens is 362 g/mol. The Balaban J connectivity index is 0.000000229. The zero-order valence-corrected chi connectivity index (χ0v) is 18.6. The number of benzene rings is 1. The molecule has 4 heteroatoms. The van der Waals surface area contributed by atoms with Crippen LogP contribution in [-0.4, -0.2) is 42.7 Å². The van der Waals surface area contributed by atoms with Crippen molar-refractivity contribution < 1.29 is 14.6 Å².